The summed E-state index contributed by atoms with van der Waals surface area (Å²) in [5.41, 5.74) is 0.480. The lowest BCUT2D eigenvalue weighted by Crippen LogP contribution is -2.49. The van der Waals surface area contributed by atoms with Crippen LogP contribution in [0, 0.1) is 0 Å². The number of aryl methyl sites for hydroxylation is 1. The molecule has 0 saturated heterocycles. The van der Waals surface area contributed by atoms with Crippen LogP contribution < -0.4 is 0 Å². The van der Waals surface area contributed by atoms with Gasteiger partial charge in [-0.15, -0.1) is 0 Å². The molecule has 1 fully saturated rings. The Labute approximate surface area is 94.1 Å². The number of alkyl halides is 2. The maximum atomic E-state index is 12.8. The number of benzene rings is 1. The van der Waals surface area contributed by atoms with E-state index >= 15 is 0 Å². The van der Waals surface area contributed by atoms with Gasteiger partial charge >= 0.3 is 0 Å². The molecule has 1 N–H and O–H groups in total. The first-order valence-electron chi connectivity index (χ1n) is 5.65. The molecule has 1 aliphatic rings. The van der Waals surface area contributed by atoms with Crippen LogP contribution >= 0.6 is 0 Å². The molecule has 0 atom stereocenters. The van der Waals surface area contributed by atoms with Crippen molar-refractivity contribution in [2.24, 2.45) is 0 Å². The lowest BCUT2D eigenvalue weighted by Gasteiger charge is -2.43. The van der Waals surface area contributed by atoms with E-state index in [0.717, 1.165) is 12.8 Å². The lowest BCUT2D eigenvalue weighted by atomic mass is 9.72. The highest BCUT2D eigenvalue weighted by molar-refractivity contribution is 5.30. The lowest BCUT2D eigenvalue weighted by molar-refractivity contribution is -0.210. The Morgan fingerprint density at radius 1 is 1.19 bits per heavy atom. The van der Waals surface area contributed by atoms with Crippen LogP contribution in [0.15, 0.2) is 24.3 Å². The molecule has 0 radical (unpaired) electrons. The van der Waals surface area contributed by atoms with Gasteiger partial charge in [-0.2, -0.15) is 0 Å². The predicted molar refractivity (Wildman–Crippen MR) is 58.5 cm³/mol. The highest BCUT2D eigenvalue weighted by atomic mass is 19.3. The Morgan fingerprint density at radius 2 is 1.75 bits per heavy atom. The minimum Gasteiger partial charge on any atom is -0.385 e. The molecule has 2 rings (SSSR count). The van der Waals surface area contributed by atoms with Gasteiger partial charge in [0.05, 0.1) is 0 Å². The van der Waals surface area contributed by atoms with Crippen LogP contribution in [0.1, 0.15) is 37.3 Å². The second kappa shape index (κ2) is 3.81. The molecule has 3 heteroatoms. The first kappa shape index (κ1) is 11.5. The zero-order valence-corrected chi connectivity index (χ0v) is 9.34. The van der Waals surface area contributed by atoms with Crippen molar-refractivity contribution in [2.75, 3.05) is 0 Å². The molecule has 88 valence electrons. The number of aliphatic hydroxyl groups is 1. The molecule has 1 aromatic rings. The molecule has 1 nitrogen and oxygen atoms in total. The topological polar surface area (TPSA) is 20.2 Å². The Balaban J connectivity index is 2.11. The zero-order chi connectivity index (χ0) is 11.8. The van der Waals surface area contributed by atoms with Crippen LogP contribution in [-0.2, 0) is 12.0 Å². The minimum absolute atomic E-state index is 0.451. The molecule has 0 amide bonds. The fourth-order valence-corrected chi connectivity index (χ4v) is 2.28. The van der Waals surface area contributed by atoms with Crippen LogP contribution in [0.5, 0.6) is 0 Å². The molecule has 0 bridgehead atoms. The van der Waals surface area contributed by atoms with Gasteiger partial charge in [-0.25, -0.2) is 8.78 Å². The van der Waals surface area contributed by atoms with Gasteiger partial charge in [0.1, 0.15) is 5.60 Å². The average Bonchev–Trinajstić information content (AvgIpc) is 2.16. The van der Waals surface area contributed by atoms with Crippen LogP contribution in [-0.4, -0.2) is 11.0 Å². The SMILES string of the molecule is CCCc1ccc(C2(O)CC(F)(F)C2)cc1. The summed E-state index contributed by atoms with van der Waals surface area (Å²) in [6, 6.07) is 7.35. The summed E-state index contributed by atoms with van der Waals surface area (Å²) in [5.74, 6) is -2.70. The van der Waals surface area contributed by atoms with E-state index in [2.05, 4.69) is 6.92 Å². The van der Waals surface area contributed by atoms with Crippen molar-refractivity contribution in [3.63, 3.8) is 0 Å². The third kappa shape index (κ3) is 2.09. The van der Waals surface area contributed by atoms with Gasteiger partial charge in [0.25, 0.3) is 5.92 Å². The van der Waals surface area contributed by atoms with Crippen LogP contribution in [0.4, 0.5) is 8.78 Å². The van der Waals surface area contributed by atoms with Gasteiger partial charge in [-0.05, 0) is 17.5 Å². The summed E-state index contributed by atoms with van der Waals surface area (Å²) in [4.78, 5) is 0. The van der Waals surface area contributed by atoms with Gasteiger partial charge in [-0.3, -0.25) is 0 Å². The number of hydrogen-bond acceptors (Lipinski definition) is 1. The summed E-state index contributed by atoms with van der Waals surface area (Å²) in [5, 5.41) is 9.96. The molecule has 0 spiro atoms. The van der Waals surface area contributed by atoms with E-state index in [-0.39, 0.29) is 0 Å². The molecular weight excluding hydrogens is 210 g/mol. The largest absolute Gasteiger partial charge is 0.385 e. The standard InChI is InChI=1S/C13H16F2O/c1-2-3-10-4-6-11(7-5-10)12(16)8-13(14,15)9-12/h4-7,16H,2-3,8-9H2,1H3. The van der Waals surface area contributed by atoms with E-state index in [0.29, 0.717) is 5.56 Å². The molecule has 0 aromatic heterocycles. The van der Waals surface area contributed by atoms with Crippen LogP contribution in [0.3, 0.4) is 0 Å². The van der Waals surface area contributed by atoms with E-state index in [4.69, 9.17) is 0 Å². The van der Waals surface area contributed by atoms with E-state index in [1.807, 2.05) is 12.1 Å². The molecule has 1 aliphatic carbocycles. The quantitative estimate of drug-likeness (QED) is 0.838. The van der Waals surface area contributed by atoms with Gasteiger partial charge < -0.3 is 5.11 Å². The summed E-state index contributed by atoms with van der Waals surface area (Å²) in [6.07, 6.45) is 1.14. The van der Waals surface area contributed by atoms with Crippen LogP contribution in [0.2, 0.25) is 0 Å². The van der Waals surface area contributed by atoms with E-state index in [1.54, 1.807) is 12.1 Å². The molecule has 0 aliphatic heterocycles. The third-order valence-electron chi connectivity index (χ3n) is 3.13. The first-order valence-corrected chi connectivity index (χ1v) is 5.65. The van der Waals surface area contributed by atoms with Crippen molar-refractivity contribution in [3.05, 3.63) is 35.4 Å². The van der Waals surface area contributed by atoms with Crippen molar-refractivity contribution in [2.45, 2.75) is 44.1 Å². The second-order valence-electron chi connectivity index (χ2n) is 4.69. The highest BCUT2D eigenvalue weighted by Gasteiger charge is 2.56. The van der Waals surface area contributed by atoms with Crippen molar-refractivity contribution >= 4 is 0 Å². The van der Waals surface area contributed by atoms with Crippen molar-refractivity contribution < 1.29 is 13.9 Å². The fourth-order valence-electron chi connectivity index (χ4n) is 2.28. The summed E-state index contributed by atoms with van der Waals surface area (Å²) < 4.78 is 25.5. The maximum absolute atomic E-state index is 12.8. The van der Waals surface area contributed by atoms with Gasteiger partial charge in [0, 0.05) is 12.8 Å². The predicted octanol–water partition coefficient (Wildman–Crippen LogP) is 3.26. The van der Waals surface area contributed by atoms with Crippen LogP contribution in [0.25, 0.3) is 0 Å². The second-order valence-corrected chi connectivity index (χ2v) is 4.69. The Bertz CT molecular complexity index is 362. The number of halogens is 2. The van der Waals surface area contributed by atoms with Gasteiger partial charge in [0.2, 0.25) is 0 Å². The maximum Gasteiger partial charge on any atom is 0.254 e. The number of hydrogen-bond donors (Lipinski definition) is 1. The molecule has 16 heavy (non-hydrogen) atoms. The van der Waals surface area contributed by atoms with E-state index in [1.165, 1.54) is 5.56 Å². The molecule has 0 unspecified atom stereocenters. The monoisotopic (exact) mass is 226 g/mol. The number of rotatable bonds is 3. The van der Waals surface area contributed by atoms with Crippen molar-refractivity contribution in [1.82, 2.24) is 0 Å². The highest BCUT2D eigenvalue weighted by Crippen LogP contribution is 2.51. The summed E-state index contributed by atoms with van der Waals surface area (Å²) >= 11 is 0. The van der Waals surface area contributed by atoms with E-state index in [9.17, 15) is 13.9 Å². The minimum atomic E-state index is -2.70. The van der Waals surface area contributed by atoms with Gasteiger partial charge in [-0.1, -0.05) is 37.6 Å². The Morgan fingerprint density at radius 3 is 2.19 bits per heavy atom. The molecule has 1 saturated carbocycles. The molecule has 1 aromatic carbocycles. The Kier molecular flexibility index (Phi) is 2.74. The van der Waals surface area contributed by atoms with Gasteiger partial charge in [0.15, 0.2) is 0 Å². The summed E-state index contributed by atoms with van der Waals surface area (Å²) in [6.45, 7) is 2.09. The van der Waals surface area contributed by atoms with Crippen molar-refractivity contribution in [1.29, 1.82) is 0 Å². The zero-order valence-electron chi connectivity index (χ0n) is 9.34. The fraction of sp³-hybridized carbons (Fsp3) is 0.538. The summed E-state index contributed by atoms with van der Waals surface area (Å²) in [7, 11) is 0. The van der Waals surface area contributed by atoms with E-state index < -0.39 is 24.4 Å². The third-order valence-corrected chi connectivity index (χ3v) is 3.13. The smallest absolute Gasteiger partial charge is 0.254 e. The molecular formula is C13H16F2O. The first-order chi connectivity index (χ1) is 7.45. The molecule has 0 heterocycles. The van der Waals surface area contributed by atoms with Crippen molar-refractivity contribution in [3.8, 4) is 0 Å². The Hall–Kier alpha value is -0.960. The average molecular weight is 226 g/mol. The normalized spacial score (nSPS) is 21.5.